The second-order valence-corrected chi connectivity index (χ2v) is 29.9. The number of furan rings is 1. The van der Waals surface area contributed by atoms with E-state index in [9.17, 15) is 0 Å². The van der Waals surface area contributed by atoms with Crippen LogP contribution in [0.15, 0.2) is 339 Å². The van der Waals surface area contributed by atoms with E-state index in [0.717, 1.165) is 134 Å². The maximum atomic E-state index is 15.3. The molecule has 7 heteroatoms. The number of anilines is 6. The van der Waals surface area contributed by atoms with Crippen LogP contribution >= 0.6 is 0 Å². The summed E-state index contributed by atoms with van der Waals surface area (Å²) in [6, 6.07) is 112. The summed E-state index contributed by atoms with van der Waals surface area (Å²) in [5, 5.41) is 1.89. The Hall–Kier alpha value is -12.6. The van der Waals surface area contributed by atoms with Gasteiger partial charge in [-0.1, -0.05) is 234 Å². The van der Waals surface area contributed by atoms with Gasteiger partial charge >= 0.3 is 0 Å². The summed E-state index contributed by atoms with van der Waals surface area (Å²) in [5.74, 6) is 1.10. The molecule has 2 unspecified atom stereocenters. The van der Waals surface area contributed by atoms with Crippen LogP contribution in [0, 0.1) is 11.6 Å². The third-order valence-corrected chi connectivity index (χ3v) is 22.4. The van der Waals surface area contributed by atoms with Crippen molar-refractivity contribution in [1.29, 1.82) is 0 Å². The number of benzene rings is 14. The fourth-order valence-electron chi connectivity index (χ4n) is 16.9. The molecule has 17 rings (SSSR count). The fraction of sp³-hybridized carbons (Fsp3) is 0.137. The van der Waals surface area contributed by atoms with Gasteiger partial charge in [-0.3, -0.25) is 0 Å². The van der Waals surface area contributed by atoms with Crippen LogP contribution < -0.4 is 19.3 Å². The quantitative estimate of drug-likeness (QED) is 0.0564. The second kappa shape index (κ2) is 29.3. The van der Waals surface area contributed by atoms with Gasteiger partial charge in [0.1, 0.15) is 34.3 Å². The fourth-order valence-corrected chi connectivity index (χ4v) is 16.9. The molecule has 0 amide bonds. The van der Waals surface area contributed by atoms with Gasteiger partial charge in [-0.15, -0.1) is 0 Å². The summed E-state index contributed by atoms with van der Waals surface area (Å²) in [6.07, 6.45) is 9.38. The molecule has 0 spiro atoms. The smallest absolute Gasteiger partial charge is 0.137 e. The van der Waals surface area contributed by atoms with E-state index in [2.05, 4.69) is 268 Å². The van der Waals surface area contributed by atoms with Crippen molar-refractivity contribution >= 4 is 68.2 Å². The van der Waals surface area contributed by atoms with Crippen LogP contribution in [0.4, 0.5) is 42.9 Å². The summed E-state index contributed by atoms with van der Waals surface area (Å²) in [6.45, 7) is 15.8. The summed E-state index contributed by atoms with van der Waals surface area (Å²) < 4.78 is 49.8. The van der Waals surface area contributed by atoms with Gasteiger partial charge < -0.3 is 23.7 Å². The highest BCUT2D eigenvalue weighted by Gasteiger charge is 2.48. The van der Waals surface area contributed by atoms with Gasteiger partial charge in [0, 0.05) is 57.0 Å². The average molecular weight is 1420 g/mol. The molecule has 2 aliphatic carbocycles. The number of unbranched alkanes of at least 4 members (excludes halogenated alkanes) is 2. The molecular formula is C102H84F2N2O3. The Balaban J connectivity index is 0.729. The zero-order valence-corrected chi connectivity index (χ0v) is 61.7. The van der Waals surface area contributed by atoms with Crippen LogP contribution in [0.5, 0.6) is 11.5 Å². The summed E-state index contributed by atoms with van der Waals surface area (Å²) in [4.78, 5) is 4.42. The lowest BCUT2D eigenvalue weighted by Gasteiger charge is -2.35. The summed E-state index contributed by atoms with van der Waals surface area (Å²) >= 11 is 0. The van der Waals surface area contributed by atoms with E-state index in [0.29, 0.717) is 24.4 Å². The molecule has 0 N–H and O–H groups in total. The first-order chi connectivity index (χ1) is 53.3. The zero-order valence-electron chi connectivity index (χ0n) is 61.7. The van der Waals surface area contributed by atoms with Crippen molar-refractivity contribution in [2.45, 2.75) is 75.5 Å². The topological polar surface area (TPSA) is 38.1 Å². The van der Waals surface area contributed by atoms with E-state index in [1.165, 1.54) is 79.9 Å². The van der Waals surface area contributed by atoms with Crippen molar-refractivity contribution in [2.75, 3.05) is 23.0 Å². The Kier molecular flexibility index (Phi) is 18.7. The van der Waals surface area contributed by atoms with Gasteiger partial charge in [-0.05, 0) is 260 Å². The van der Waals surface area contributed by atoms with E-state index in [1.54, 1.807) is 0 Å². The minimum atomic E-state index is -0.720. The van der Waals surface area contributed by atoms with Crippen LogP contribution in [0.3, 0.4) is 0 Å². The highest BCUT2D eigenvalue weighted by molar-refractivity contribution is 6.07. The van der Waals surface area contributed by atoms with Crippen LogP contribution in [-0.4, -0.2) is 13.2 Å². The van der Waals surface area contributed by atoms with Gasteiger partial charge in [0.05, 0.1) is 24.0 Å². The maximum absolute atomic E-state index is 15.3. The van der Waals surface area contributed by atoms with Gasteiger partial charge in [-0.2, -0.15) is 0 Å². The first kappa shape index (κ1) is 69.5. The molecule has 0 radical (unpaired) electrons. The predicted octanol–water partition coefficient (Wildman–Crippen LogP) is 26.9. The van der Waals surface area contributed by atoms with E-state index in [-0.39, 0.29) is 17.0 Å². The third-order valence-electron chi connectivity index (χ3n) is 22.4. The van der Waals surface area contributed by atoms with Gasteiger partial charge in [0.2, 0.25) is 0 Å². The molecule has 0 saturated carbocycles. The number of hydrogen-bond donors (Lipinski definition) is 0. The first-order valence-electron chi connectivity index (χ1n) is 38.0. The SMILES string of the molecule is C=Cc1ccc(OCCCCc2ccc(C3(c4ccccc4)c4ccccc4-c4ccc(N(c5ccc(F)cc5)c5ccc6c(c5)oc5cc(N(c7ccc(F)cc7)c7ccc8c(c7)C(c7ccc(CCCCOc9ccc(C=C)cc9)cc7)(c7ccc(C(C)(C)C)cc7)c7ccccc7-8)ccc56)cc43)cc2)cc1. The number of halogens is 2. The van der Waals surface area contributed by atoms with E-state index < -0.39 is 10.8 Å². The number of hydrogen-bond acceptors (Lipinski definition) is 5. The molecule has 5 nitrogen and oxygen atoms in total. The van der Waals surface area contributed by atoms with Crippen LogP contribution in [-0.2, 0) is 29.1 Å². The van der Waals surface area contributed by atoms with Crippen molar-refractivity contribution in [3.63, 3.8) is 0 Å². The Morgan fingerprint density at radius 2 is 0.706 bits per heavy atom. The highest BCUT2D eigenvalue weighted by Crippen LogP contribution is 2.60. The number of rotatable bonds is 24. The van der Waals surface area contributed by atoms with Crippen LogP contribution in [0.2, 0.25) is 0 Å². The lowest BCUT2D eigenvalue weighted by molar-refractivity contribution is 0.307. The van der Waals surface area contributed by atoms with Gasteiger partial charge in [-0.25, -0.2) is 8.78 Å². The van der Waals surface area contributed by atoms with Crippen LogP contribution in [0.25, 0.3) is 56.3 Å². The largest absolute Gasteiger partial charge is 0.494 e. The molecule has 0 aliphatic heterocycles. The van der Waals surface area contributed by atoms with E-state index in [1.807, 2.05) is 84.9 Å². The van der Waals surface area contributed by atoms with Crippen molar-refractivity contribution in [3.05, 3.63) is 419 Å². The molecule has 1 aromatic heterocycles. The maximum Gasteiger partial charge on any atom is 0.137 e. The van der Waals surface area contributed by atoms with Crippen LogP contribution in [0.1, 0.15) is 119 Å². The summed E-state index contributed by atoms with van der Waals surface area (Å²) in [7, 11) is 0. The Morgan fingerprint density at radius 3 is 1.12 bits per heavy atom. The number of aryl methyl sites for hydroxylation is 2. The van der Waals surface area contributed by atoms with Crippen molar-refractivity contribution in [2.24, 2.45) is 0 Å². The standard InChI is InChI=1S/C102H84F2N2O3/c1-6-69-31-55-86(56-32-69)107-63-17-15-19-71-27-35-75(36-28-71)101(74-21-9-8-10-22-74)94-25-13-11-23-88(94)90-59-51-82(65-96(90)101)105(80-47-43-78(103)44-48-80)84-53-61-92-93-62-54-85(68-99(93)109-98(92)67-84)106(81-49-45-79(104)46-50-81)83-52-60-91-89-24-12-14-26-95(89)102(97(91)66-83,77-41-39-73(40-42-77)100(3,4)5)76-37-29-72(30-38-76)20-16-18-64-108-87-57-33-70(7-2)34-58-87/h6-14,21-62,65-68H,1-2,15-20,63-64H2,3-5H3. The minimum absolute atomic E-state index is 0.0565. The first-order valence-corrected chi connectivity index (χ1v) is 38.0. The Morgan fingerprint density at radius 1 is 0.349 bits per heavy atom. The monoisotopic (exact) mass is 1420 g/mol. The molecule has 2 atom stereocenters. The van der Waals surface area contributed by atoms with Crippen molar-refractivity contribution < 1.29 is 22.7 Å². The molecule has 2 aliphatic rings. The van der Waals surface area contributed by atoms with Gasteiger partial charge in [0.25, 0.3) is 0 Å². The zero-order chi connectivity index (χ0) is 74.2. The number of fused-ring (bicyclic) bond motifs is 9. The Labute approximate surface area is 638 Å². The van der Waals surface area contributed by atoms with E-state index in [4.69, 9.17) is 13.9 Å². The summed E-state index contributed by atoms with van der Waals surface area (Å²) in [5.41, 5.74) is 25.0. The molecule has 534 valence electrons. The molecule has 15 aromatic rings. The minimum Gasteiger partial charge on any atom is -0.494 e. The van der Waals surface area contributed by atoms with Crippen molar-refractivity contribution in [3.8, 4) is 33.8 Å². The lowest BCUT2D eigenvalue weighted by atomic mass is 9.67. The van der Waals surface area contributed by atoms with E-state index >= 15 is 8.78 Å². The Bertz CT molecular complexity index is 5830. The van der Waals surface area contributed by atoms with Crippen molar-refractivity contribution in [1.82, 2.24) is 0 Å². The normalized spacial score (nSPS) is 14.7. The molecule has 14 aromatic carbocycles. The average Bonchev–Trinajstić information content (AvgIpc) is 1.55. The second-order valence-electron chi connectivity index (χ2n) is 29.9. The molecular weight excluding hydrogens is 1340 g/mol. The highest BCUT2D eigenvalue weighted by atomic mass is 19.1. The molecule has 1 heterocycles. The molecule has 0 fully saturated rings. The third kappa shape index (κ3) is 13.0. The lowest BCUT2D eigenvalue weighted by Crippen LogP contribution is -2.29. The molecule has 109 heavy (non-hydrogen) atoms. The number of nitrogens with zero attached hydrogens (tertiary/aromatic N) is 2. The molecule has 0 saturated heterocycles. The van der Waals surface area contributed by atoms with Gasteiger partial charge in [0.15, 0.2) is 0 Å². The predicted molar refractivity (Wildman–Crippen MR) is 446 cm³/mol. The number of ether oxygens (including phenoxy) is 2. The molecule has 0 bridgehead atoms.